The molecule has 1 unspecified atom stereocenters. The molecule has 1 amide bonds. The summed E-state index contributed by atoms with van der Waals surface area (Å²) in [6.45, 7) is -0.00560. The molecule has 0 aliphatic heterocycles. The number of aromatic nitrogens is 1. The second-order valence-corrected chi connectivity index (χ2v) is 6.33. The number of pyridine rings is 1. The fourth-order valence-corrected chi connectivity index (χ4v) is 3.48. The number of rotatable bonds is 4. The molecule has 0 fully saturated rings. The zero-order valence-corrected chi connectivity index (χ0v) is 13.9. The van der Waals surface area contributed by atoms with Crippen LogP contribution in [0.4, 0.5) is 0 Å². The summed E-state index contributed by atoms with van der Waals surface area (Å²) in [6.07, 6.45) is 4.88. The fourth-order valence-electron chi connectivity index (χ4n) is 3.48. The highest BCUT2D eigenvalue weighted by molar-refractivity contribution is 5.85. The van der Waals surface area contributed by atoms with Gasteiger partial charge in [0.05, 0.1) is 6.04 Å². The van der Waals surface area contributed by atoms with Gasteiger partial charge in [0.15, 0.2) is 6.61 Å². The van der Waals surface area contributed by atoms with Crippen molar-refractivity contribution in [1.82, 2.24) is 10.3 Å². The number of benzene rings is 2. The van der Waals surface area contributed by atoms with Crippen molar-refractivity contribution in [2.24, 2.45) is 0 Å². The second-order valence-electron chi connectivity index (χ2n) is 6.33. The maximum absolute atomic E-state index is 12.4. The van der Waals surface area contributed by atoms with E-state index in [1.165, 1.54) is 11.1 Å². The molecular formula is C21H20N2O2. The summed E-state index contributed by atoms with van der Waals surface area (Å²) < 4.78 is 5.74. The zero-order valence-electron chi connectivity index (χ0n) is 13.9. The van der Waals surface area contributed by atoms with Crippen molar-refractivity contribution in [3.8, 4) is 5.75 Å². The highest BCUT2D eigenvalue weighted by atomic mass is 16.5. The summed E-state index contributed by atoms with van der Waals surface area (Å²) >= 11 is 0. The molecule has 3 aromatic rings. The van der Waals surface area contributed by atoms with Gasteiger partial charge < -0.3 is 10.1 Å². The third-order valence-corrected chi connectivity index (χ3v) is 4.66. The molecule has 0 spiro atoms. The molecule has 4 heteroatoms. The monoisotopic (exact) mass is 332 g/mol. The molecular weight excluding hydrogens is 312 g/mol. The van der Waals surface area contributed by atoms with Gasteiger partial charge in [0.25, 0.3) is 5.91 Å². The first kappa shape index (κ1) is 15.6. The van der Waals surface area contributed by atoms with Crippen LogP contribution in [0, 0.1) is 0 Å². The number of carbonyl (C=O) groups is 1. The molecule has 126 valence electrons. The van der Waals surface area contributed by atoms with E-state index in [-0.39, 0.29) is 18.6 Å². The lowest BCUT2D eigenvalue weighted by Crippen LogP contribution is -2.34. The van der Waals surface area contributed by atoms with Crippen LogP contribution < -0.4 is 10.1 Å². The maximum atomic E-state index is 12.4. The van der Waals surface area contributed by atoms with Gasteiger partial charge in [-0.3, -0.25) is 9.78 Å². The molecule has 1 aliphatic rings. The van der Waals surface area contributed by atoms with Crippen LogP contribution in [-0.2, 0) is 11.2 Å². The number of nitrogens with one attached hydrogen (secondary N) is 1. The second kappa shape index (κ2) is 6.93. The number of ether oxygens (including phenoxy) is 1. The Labute approximate surface area is 146 Å². The van der Waals surface area contributed by atoms with Crippen molar-refractivity contribution >= 4 is 16.8 Å². The van der Waals surface area contributed by atoms with E-state index < -0.39 is 0 Å². The van der Waals surface area contributed by atoms with Crippen LogP contribution in [0.25, 0.3) is 10.9 Å². The SMILES string of the molecule is O=C(COc1cccc2cccnc12)NC1CCCc2ccccc21. The summed E-state index contributed by atoms with van der Waals surface area (Å²) in [4.78, 5) is 16.7. The molecule has 1 N–H and O–H groups in total. The number of hydrogen-bond acceptors (Lipinski definition) is 3. The zero-order chi connectivity index (χ0) is 17.1. The number of nitrogens with zero attached hydrogens (tertiary/aromatic N) is 1. The van der Waals surface area contributed by atoms with E-state index in [9.17, 15) is 4.79 Å². The molecule has 0 bridgehead atoms. The van der Waals surface area contributed by atoms with Crippen LogP contribution in [0.3, 0.4) is 0 Å². The Hall–Kier alpha value is -2.88. The topological polar surface area (TPSA) is 51.2 Å². The molecule has 1 aliphatic carbocycles. The lowest BCUT2D eigenvalue weighted by atomic mass is 9.88. The quantitative estimate of drug-likeness (QED) is 0.790. The van der Waals surface area contributed by atoms with E-state index in [1.54, 1.807) is 6.20 Å². The average molecular weight is 332 g/mol. The van der Waals surface area contributed by atoms with E-state index in [1.807, 2.05) is 36.4 Å². The van der Waals surface area contributed by atoms with Crippen molar-refractivity contribution in [3.05, 3.63) is 71.9 Å². The third-order valence-electron chi connectivity index (χ3n) is 4.66. The number of hydrogen-bond donors (Lipinski definition) is 1. The average Bonchev–Trinajstić information content (AvgIpc) is 2.66. The smallest absolute Gasteiger partial charge is 0.258 e. The van der Waals surface area contributed by atoms with Crippen molar-refractivity contribution in [2.45, 2.75) is 25.3 Å². The minimum absolute atomic E-state index is 0.00560. The van der Waals surface area contributed by atoms with Gasteiger partial charge in [0.1, 0.15) is 11.3 Å². The van der Waals surface area contributed by atoms with Gasteiger partial charge in [0.2, 0.25) is 0 Å². The van der Waals surface area contributed by atoms with Crippen molar-refractivity contribution < 1.29 is 9.53 Å². The van der Waals surface area contributed by atoms with Gasteiger partial charge in [-0.2, -0.15) is 0 Å². The summed E-state index contributed by atoms with van der Waals surface area (Å²) in [5.41, 5.74) is 3.34. The first-order valence-corrected chi connectivity index (χ1v) is 8.65. The van der Waals surface area contributed by atoms with Gasteiger partial charge in [-0.05, 0) is 42.5 Å². The molecule has 1 heterocycles. The number of amides is 1. The van der Waals surface area contributed by atoms with E-state index in [2.05, 4.69) is 28.5 Å². The van der Waals surface area contributed by atoms with E-state index in [4.69, 9.17) is 4.74 Å². The molecule has 4 rings (SSSR count). The van der Waals surface area contributed by atoms with E-state index in [0.29, 0.717) is 5.75 Å². The molecule has 1 atom stereocenters. The molecule has 2 aromatic carbocycles. The highest BCUT2D eigenvalue weighted by Crippen LogP contribution is 2.29. The standard InChI is InChI=1S/C21H20N2O2/c24-20(23-18-11-3-7-15-6-1-2-10-17(15)18)14-25-19-12-4-8-16-9-5-13-22-21(16)19/h1-2,4-6,8-10,12-13,18H,3,7,11,14H2,(H,23,24). The number of fused-ring (bicyclic) bond motifs is 2. The van der Waals surface area contributed by atoms with Crippen LogP contribution in [0.1, 0.15) is 30.0 Å². The number of carbonyl (C=O) groups excluding carboxylic acids is 1. The highest BCUT2D eigenvalue weighted by Gasteiger charge is 2.21. The van der Waals surface area contributed by atoms with Gasteiger partial charge in [-0.15, -0.1) is 0 Å². The molecule has 4 nitrogen and oxygen atoms in total. The van der Waals surface area contributed by atoms with E-state index >= 15 is 0 Å². The Morgan fingerprint density at radius 1 is 1.12 bits per heavy atom. The number of para-hydroxylation sites is 1. The predicted molar refractivity (Wildman–Crippen MR) is 97.5 cm³/mol. The van der Waals surface area contributed by atoms with Gasteiger partial charge in [0, 0.05) is 11.6 Å². The van der Waals surface area contributed by atoms with Crippen LogP contribution >= 0.6 is 0 Å². The van der Waals surface area contributed by atoms with Gasteiger partial charge in [-0.25, -0.2) is 0 Å². The Morgan fingerprint density at radius 2 is 2.00 bits per heavy atom. The molecule has 1 aromatic heterocycles. The predicted octanol–water partition coefficient (Wildman–Crippen LogP) is 3.81. The lowest BCUT2D eigenvalue weighted by Gasteiger charge is -2.26. The molecule has 25 heavy (non-hydrogen) atoms. The van der Waals surface area contributed by atoms with Crippen LogP contribution in [0.15, 0.2) is 60.8 Å². The van der Waals surface area contributed by atoms with Crippen LogP contribution in [-0.4, -0.2) is 17.5 Å². The Bertz CT molecular complexity index is 902. The first-order valence-electron chi connectivity index (χ1n) is 8.65. The Morgan fingerprint density at radius 3 is 2.96 bits per heavy atom. The minimum atomic E-state index is -0.102. The Balaban J connectivity index is 1.43. The van der Waals surface area contributed by atoms with Crippen molar-refractivity contribution in [3.63, 3.8) is 0 Å². The van der Waals surface area contributed by atoms with E-state index in [0.717, 1.165) is 30.2 Å². The molecule has 0 saturated carbocycles. The van der Waals surface area contributed by atoms with Crippen molar-refractivity contribution in [2.75, 3.05) is 6.61 Å². The molecule has 0 saturated heterocycles. The third kappa shape index (κ3) is 3.33. The Kier molecular flexibility index (Phi) is 4.34. The summed E-state index contributed by atoms with van der Waals surface area (Å²) in [6, 6.07) is 18.0. The maximum Gasteiger partial charge on any atom is 0.258 e. The first-order chi connectivity index (χ1) is 12.3. The van der Waals surface area contributed by atoms with Crippen LogP contribution in [0.2, 0.25) is 0 Å². The number of aryl methyl sites for hydroxylation is 1. The fraction of sp³-hybridized carbons (Fsp3) is 0.238. The largest absolute Gasteiger partial charge is 0.481 e. The van der Waals surface area contributed by atoms with Crippen LogP contribution in [0.5, 0.6) is 5.75 Å². The van der Waals surface area contributed by atoms with Gasteiger partial charge >= 0.3 is 0 Å². The molecule has 0 radical (unpaired) electrons. The lowest BCUT2D eigenvalue weighted by molar-refractivity contribution is -0.123. The minimum Gasteiger partial charge on any atom is -0.481 e. The summed E-state index contributed by atoms with van der Waals surface area (Å²) in [5, 5.41) is 4.11. The van der Waals surface area contributed by atoms with Gasteiger partial charge in [-0.1, -0.05) is 42.5 Å². The summed E-state index contributed by atoms with van der Waals surface area (Å²) in [7, 11) is 0. The van der Waals surface area contributed by atoms with Crippen molar-refractivity contribution in [1.29, 1.82) is 0 Å². The normalized spacial score (nSPS) is 16.2. The summed E-state index contributed by atoms with van der Waals surface area (Å²) in [5.74, 6) is 0.534.